The van der Waals surface area contributed by atoms with Gasteiger partial charge < -0.3 is 0 Å². The third-order valence-electron chi connectivity index (χ3n) is 13.5. The smallest absolute Gasteiger partial charge is 0.136 e. The van der Waals surface area contributed by atoms with E-state index in [9.17, 15) is 14.4 Å². The van der Waals surface area contributed by atoms with Crippen molar-refractivity contribution in [3.05, 3.63) is 108 Å². The summed E-state index contributed by atoms with van der Waals surface area (Å²) in [7, 11) is 0. The normalized spacial score (nSPS) is 24.8. The van der Waals surface area contributed by atoms with Crippen molar-refractivity contribution in [3.63, 3.8) is 0 Å². The second-order valence-electron chi connectivity index (χ2n) is 21.8. The molecule has 0 saturated heterocycles. The molecule has 4 fully saturated rings. The number of Topliss-reactive ketones (excluding diaryl/α,β-unsaturated/α-hetero) is 3. The van der Waals surface area contributed by atoms with Gasteiger partial charge in [-0.3, -0.25) is 14.4 Å². The van der Waals surface area contributed by atoms with Crippen LogP contribution in [0.1, 0.15) is 175 Å². The Morgan fingerprint density at radius 1 is 0.431 bits per heavy atom. The Balaban J connectivity index is 0.000000175. The van der Waals surface area contributed by atoms with E-state index < -0.39 is 0 Å². The molecule has 4 aliphatic rings. The van der Waals surface area contributed by atoms with Crippen LogP contribution in [0.15, 0.2) is 91.0 Å². The number of hydrogen-bond donors (Lipinski definition) is 0. The maximum Gasteiger partial charge on any atom is 0.136 e. The fraction of sp³-hybridized carbons (Fsp3) is 0.618. The van der Waals surface area contributed by atoms with Crippen molar-refractivity contribution in [1.29, 1.82) is 0 Å². The van der Waals surface area contributed by atoms with Gasteiger partial charge in [0.2, 0.25) is 0 Å². The molecule has 3 heteroatoms. The molecule has 0 spiro atoms. The molecule has 3 nitrogen and oxygen atoms in total. The molecular weight excluding hydrogens is 709 g/mol. The Morgan fingerprint density at radius 3 is 1.38 bits per heavy atom. The summed E-state index contributed by atoms with van der Waals surface area (Å²) in [6, 6.07) is 31.9. The Morgan fingerprint density at radius 2 is 0.845 bits per heavy atom. The summed E-state index contributed by atoms with van der Waals surface area (Å²) in [6.07, 6.45) is 20.8. The van der Waals surface area contributed by atoms with Crippen molar-refractivity contribution in [2.45, 2.75) is 177 Å². The van der Waals surface area contributed by atoms with E-state index in [1.165, 1.54) is 61.6 Å². The third kappa shape index (κ3) is 18.3. The Labute approximate surface area is 355 Å². The van der Waals surface area contributed by atoms with E-state index in [0.29, 0.717) is 44.9 Å². The highest BCUT2D eigenvalue weighted by atomic mass is 16.1. The fourth-order valence-corrected chi connectivity index (χ4v) is 9.93. The molecule has 0 radical (unpaired) electrons. The van der Waals surface area contributed by atoms with Crippen LogP contribution in [-0.2, 0) is 33.6 Å². The lowest BCUT2D eigenvalue weighted by Gasteiger charge is -2.34. The van der Waals surface area contributed by atoms with Crippen molar-refractivity contribution in [1.82, 2.24) is 0 Å². The van der Waals surface area contributed by atoms with Crippen LogP contribution in [0, 0.1) is 39.4 Å². The van der Waals surface area contributed by atoms with E-state index in [1.54, 1.807) is 0 Å². The van der Waals surface area contributed by atoms with Crippen molar-refractivity contribution in [2.24, 2.45) is 39.4 Å². The molecule has 4 saturated carbocycles. The Kier molecular flexibility index (Phi) is 18.2. The van der Waals surface area contributed by atoms with Gasteiger partial charge in [-0.25, -0.2) is 0 Å². The quantitative estimate of drug-likeness (QED) is 0.234. The van der Waals surface area contributed by atoms with Crippen molar-refractivity contribution < 1.29 is 14.4 Å². The van der Waals surface area contributed by atoms with Gasteiger partial charge in [-0.2, -0.15) is 0 Å². The summed E-state index contributed by atoms with van der Waals surface area (Å²) in [6.45, 7) is 18.5. The van der Waals surface area contributed by atoms with Crippen molar-refractivity contribution >= 4 is 17.3 Å². The monoisotopic (exact) mass is 789 g/mol. The molecule has 0 bridgehead atoms. The lowest BCUT2D eigenvalue weighted by Crippen LogP contribution is -2.31. The van der Waals surface area contributed by atoms with Crippen LogP contribution in [0.5, 0.6) is 0 Å². The average Bonchev–Trinajstić information content (AvgIpc) is 3.42. The van der Waals surface area contributed by atoms with Crippen molar-refractivity contribution in [2.75, 3.05) is 0 Å². The largest absolute Gasteiger partial charge is 0.300 e. The number of benzene rings is 3. The highest BCUT2D eigenvalue weighted by molar-refractivity contribution is 5.82. The molecule has 3 aromatic carbocycles. The minimum absolute atomic E-state index is 0.242. The molecule has 4 aliphatic carbocycles. The van der Waals surface area contributed by atoms with Crippen LogP contribution in [0.3, 0.4) is 0 Å². The molecule has 58 heavy (non-hydrogen) atoms. The standard InChI is InChI=1S/C16H22O.C16H24.C15H20O.C8H14O/c1-16(2)9-8-15(17)11-14(12-16)10-13-6-4-3-5-7-13;1-16(2)11-7-6-10-15(13-16)12-14-8-4-3-5-9-14;1-15(2)9-8-14(16)13(11-15)10-12-6-4-3-5-7-12;1-8(2)5-3-7(9)4-6-8/h3-7,14H,8-12H2,1-2H3;3-5,8-9,15H,6-7,10-13H2,1-2H3;3-7,13H,8-11H2,1-2H3;3-6H2,1-2H3. The Bertz CT molecular complexity index is 1650. The minimum atomic E-state index is 0.242. The van der Waals surface area contributed by atoms with E-state index >= 15 is 0 Å². The topological polar surface area (TPSA) is 51.2 Å². The second-order valence-corrected chi connectivity index (χ2v) is 21.8. The molecule has 0 amide bonds. The number of carbonyl (C=O) groups is 3. The minimum Gasteiger partial charge on any atom is -0.300 e. The van der Waals surface area contributed by atoms with Crippen LogP contribution in [-0.4, -0.2) is 17.3 Å². The molecule has 0 aliphatic heterocycles. The Hall–Kier alpha value is -3.33. The second kappa shape index (κ2) is 22.3. The highest BCUT2D eigenvalue weighted by Crippen LogP contribution is 2.40. The summed E-state index contributed by atoms with van der Waals surface area (Å²) in [5.74, 6) is 3.04. The first-order valence-corrected chi connectivity index (χ1v) is 23.1. The predicted octanol–water partition coefficient (Wildman–Crippen LogP) is 14.6. The number of hydrogen-bond acceptors (Lipinski definition) is 3. The third-order valence-corrected chi connectivity index (χ3v) is 13.5. The average molecular weight is 789 g/mol. The van der Waals surface area contributed by atoms with Gasteiger partial charge in [0.1, 0.15) is 17.3 Å². The molecule has 3 atom stereocenters. The van der Waals surface area contributed by atoms with E-state index in [2.05, 4.69) is 122 Å². The lowest BCUT2D eigenvalue weighted by atomic mass is 9.70. The maximum atomic E-state index is 11.9. The van der Waals surface area contributed by atoms with Gasteiger partial charge in [0.05, 0.1) is 0 Å². The first-order chi connectivity index (χ1) is 27.4. The molecular formula is C55H80O3. The van der Waals surface area contributed by atoms with E-state index in [0.717, 1.165) is 83.0 Å². The van der Waals surface area contributed by atoms with E-state index in [-0.39, 0.29) is 5.92 Å². The van der Waals surface area contributed by atoms with Gasteiger partial charge in [0, 0.05) is 38.0 Å². The zero-order valence-electron chi connectivity index (χ0n) is 38.1. The van der Waals surface area contributed by atoms with Gasteiger partial charge in [0.15, 0.2) is 0 Å². The number of rotatable bonds is 6. The summed E-state index contributed by atoms with van der Waals surface area (Å²) < 4.78 is 0. The van der Waals surface area contributed by atoms with E-state index in [1.807, 2.05) is 24.3 Å². The summed E-state index contributed by atoms with van der Waals surface area (Å²) in [5.41, 5.74) is 5.84. The fourth-order valence-electron chi connectivity index (χ4n) is 9.93. The zero-order chi connectivity index (χ0) is 42.2. The number of carbonyl (C=O) groups excluding carboxylic acids is 3. The first kappa shape index (κ1) is 47.3. The van der Waals surface area contributed by atoms with Gasteiger partial charge in [0.25, 0.3) is 0 Å². The molecule has 0 aromatic heterocycles. The van der Waals surface area contributed by atoms with Crippen LogP contribution in [0.2, 0.25) is 0 Å². The summed E-state index contributed by atoms with van der Waals surface area (Å²) in [4.78, 5) is 34.4. The first-order valence-electron chi connectivity index (χ1n) is 23.1. The summed E-state index contributed by atoms with van der Waals surface area (Å²) >= 11 is 0. The highest BCUT2D eigenvalue weighted by Gasteiger charge is 2.33. The SMILES string of the molecule is CC1(C)CCC(=O)C(Cc2ccccc2)C1.CC1(C)CCC(=O)CC(Cc2ccccc2)C1.CC1(C)CCC(=O)CC1.CC1(C)CCCCC(Cc2ccccc2)C1. The van der Waals surface area contributed by atoms with Crippen molar-refractivity contribution in [3.8, 4) is 0 Å². The van der Waals surface area contributed by atoms with Gasteiger partial charge in [-0.1, -0.05) is 166 Å². The number of ketones is 3. The molecule has 0 N–H and O–H groups in total. The van der Waals surface area contributed by atoms with Crippen LogP contribution in [0.25, 0.3) is 0 Å². The van der Waals surface area contributed by atoms with E-state index in [4.69, 9.17) is 0 Å². The molecule has 7 rings (SSSR count). The molecule has 3 aromatic rings. The van der Waals surface area contributed by atoms with Gasteiger partial charge in [-0.15, -0.1) is 0 Å². The maximum absolute atomic E-state index is 11.9. The van der Waals surface area contributed by atoms with Gasteiger partial charge >= 0.3 is 0 Å². The predicted molar refractivity (Wildman–Crippen MR) is 245 cm³/mol. The summed E-state index contributed by atoms with van der Waals surface area (Å²) in [5, 5.41) is 0. The zero-order valence-corrected chi connectivity index (χ0v) is 38.1. The molecule has 318 valence electrons. The lowest BCUT2D eigenvalue weighted by molar-refractivity contribution is -0.127. The van der Waals surface area contributed by atoms with Crippen LogP contribution >= 0.6 is 0 Å². The molecule has 3 unspecified atom stereocenters. The van der Waals surface area contributed by atoms with Crippen LogP contribution in [0.4, 0.5) is 0 Å². The van der Waals surface area contributed by atoms with Crippen LogP contribution < -0.4 is 0 Å². The van der Waals surface area contributed by atoms with Gasteiger partial charge in [-0.05, 0) is 121 Å². The molecule has 0 heterocycles.